The first-order valence-corrected chi connectivity index (χ1v) is 4.48. The highest BCUT2D eigenvalue weighted by Gasteiger charge is 2.25. The van der Waals surface area contributed by atoms with Gasteiger partial charge in [0.15, 0.2) is 0 Å². The molecule has 78 valence electrons. The Morgan fingerprint density at radius 1 is 1.57 bits per heavy atom. The lowest BCUT2D eigenvalue weighted by Crippen LogP contribution is -2.18. The van der Waals surface area contributed by atoms with Gasteiger partial charge >= 0.3 is 0 Å². The molecular formula is C10H14F2N2. The summed E-state index contributed by atoms with van der Waals surface area (Å²) in [5, 5.41) is 0. The highest BCUT2D eigenvalue weighted by atomic mass is 19.3. The number of alkyl halides is 2. The molecule has 2 nitrogen and oxygen atoms in total. The summed E-state index contributed by atoms with van der Waals surface area (Å²) in [7, 11) is 0. The number of nitrogens with zero attached hydrogens (tertiary/aromatic N) is 1. The molecule has 4 heteroatoms. The van der Waals surface area contributed by atoms with Crippen molar-refractivity contribution in [3.63, 3.8) is 0 Å². The first-order valence-electron chi connectivity index (χ1n) is 4.48. The van der Waals surface area contributed by atoms with Crippen LogP contribution in [0.4, 0.5) is 8.78 Å². The molecule has 1 aromatic rings. The van der Waals surface area contributed by atoms with Crippen LogP contribution in [0.25, 0.3) is 0 Å². The van der Waals surface area contributed by atoms with Gasteiger partial charge in [0.2, 0.25) is 0 Å². The monoisotopic (exact) mass is 200 g/mol. The van der Waals surface area contributed by atoms with Gasteiger partial charge in [0.05, 0.1) is 0 Å². The predicted octanol–water partition coefficient (Wildman–Crippen LogP) is 2.08. The van der Waals surface area contributed by atoms with Crippen LogP contribution in [0.2, 0.25) is 0 Å². The van der Waals surface area contributed by atoms with E-state index in [1.807, 2.05) is 6.92 Å². The molecule has 1 aromatic heterocycles. The van der Waals surface area contributed by atoms with Gasteiger partial charge in [0.1, 0.15) is 5.69 Å². The van der Waals surface area contributed by atoms with Crippen LogP contribution in [0.1, 0.15) is 25.1 Å². The number of halogens is 2. The molecule has 14 heavy (non-hydrogen) atoms. The number of aromatic nitrogens is 1. The molecule has 0 bridgehead atoms. The minimum Gasteiger partial charge on any atom is -0.328 e. The van der Waals surface area contributed by atoms with Crippen LogP contribution in [-0.4, -0.2) is 11.0 Å². The second-order valence-corrected chi connectivity index (χ2v) is 3.62. The van der Waals surface area contributed by atoms with E-state index in [0.29, 0.717) is 6.42 Å². The normalized spacial score (nSPS) is 14.1. The van der Waals surface area contributed by atoms with Crippen molar-refractivity contribution in [1.82, 2.24) is 4.98 Å². The van der Waals surface area contributed by atoms with Crippen LogP contribution < -0.4 is 5.73 Å². The summed E-state index contributed by atoms with van der Waals surface area (Å²) in [5.74, 6) is -2.88. The number of nitrogens with two attached hydrogens (primary N) is 1. The maximum absolute atomic E-state index is 12.9. The molecule has 1 atom stereocenters. The fourth-order valence-corrected chi connectivity index (χ4v) is 1.21. The average Bonchev–Trinajstić information content (AvgIpc) is 2.01. The lowest BCUT2D eigenvalue weighted by molar-refractivity contribution is 0.0127. The third-order valence-electron chi connectivity index (χ3n) is 1.83. The van der Waals surface area contributed by atoms with E-state index in [9.17, 15) is 8.78 Å². The number of hydrogen-bond donors (Lipinski definition) is 1. The summed E-state index contributed by atoms with van der Waals surface area (Å²) in [6.45, 7) is 2.68. The molecule has 2 N–H and O–H groups in total. The minimum atomic E-state index is -2.88. The molecule has 0 fully saturated rings. The highest BCUT2D eigenvalue weighted by Crippen LogP contribution is 2.25. The fraction of sp³-hybridized carbons (Fsp3) is 0.500. The van der Waals surface area contributed by atoms with Gasteiger partial charge < -0.3 is 5.73 Å². The summed E-state index contributed by atoms with van der Waals surface area (Å²) in [4.78, 5) is 3.63. The Morgan fingerprint density at radius 2 is 2.21 bits per heavy atom. The molecule has 0 radical (unpaired) electrons. The van der Waals surface area contributed by atoms with E-state index in [1.54, 1.807) is 6.07 Å². The number of hydrogen-bond acceptors (Lipinski definition) is 2. The molecule has 1 heterocycles. The van der Waals surface area contributed by atoms with Crippen LogP contribution in [-0.2, 0) is 12.3 Å². The van der Waals surface area contributed by atoms with Gasteiger partial charge in [0.25, 0.3) is 5.92 Å². The summed E-state index contributed by atoms with van der Waals surface area (Å²) >= 11 is 0. The summed E-state index contributed by atoms with van der Waals surface area (Å²) in [6, 6.07) is 3.08. The maximum atomic E-state index is 12.9. The van der Waals surface area contributed by atoms with E-state index in [2.05, 4.69) is 4.98 Å². The lowest BCUT2D eigenvalue weighted by atomic mass is 10.1. The summed E-state index contributed by atoms with van der Waals surface area (Å²) in [5.41, 5.74) is 6.17. The van der Waals surface area contributed by atoms with Gasteiger partial charge in [-0.15, -0.1) is 0 Å². The third kappa shape index (κ3) is 3.03. The van der Waals surface area contributed by atoms with Crippen molar-refractivity contribution in [2.75, 3.05) is 0 Å². The summed E-state index contributed by atoms with van der Waals surface area (Å²) < 4.78 is 25.8. The van der Waals surface area contributed by atoms with Crippen molar-refractivity contribution < 1.29 is 8.78 Å². The average molecular weight is 200 g/mol. The second-order valence-electron chi connectivity index (χ2n) is 3.62. The SMILES string of the molecule is CC(N)Cc1ccnc(C(C)(F)F)c1. The van der Waals surface area contributed by atoms with Crippen molar-refractivity contribution in [2.24, 2.45) is 5.73 Å². The number of rotatable bonds is 3. The zero-order chi connectivity index (χ0) is 10.8. The fourth-order valence-electron chi connectivity index (χ4n) is 1.21. The summed E-state index contributed by atoms with van der Waals surface area (Å²) in [6.07, 6.45) is 1.98. The Balaban J connectivity index is 2.90. The molecule has 0 saturated heterocycles. The molecule has 0 aromatic carbocycles. The van der Waals surface area contributed by atoms with Gasteiger partial charge in [-0.1, -0.05) is 0 Å². The van der Waals surface area contributed by atoms with Crippen LogP contribution in [0.15, 0.2) is 18.3 Å². The molecule has 0 aliphatic rings. The highest BCUT2D eigenvalue weighted by molar-refractivity contribution is 5.19. The van der Waals surface area contributed by atoms with E-state index in [-0.39, 0.29) is 11.7 Å². The van der Waals surface area contributed by atoms with Crippen LogP contribution in [0.5, 0.6) is 0 Å². The Morgan fingerprint density at radius 3 is 2.71 bits per heavy atom. The molecular weight excluding hydrogens is 186 g/mol. The first kappa shape index (κ1) is 11.0. The number of pyridine rings is 1. The smallest absolute Gasteiger partial charge is 0.286 e. The Kier molecular flexibility index (Phi) is 3.16. The molecule has 0 aliphatic heterocycles. The van der Waals surface area contributed by atoms with E-state index in [4.69, 9.17) is 5.73 Å². The van der Waals surface area contributed by atoms with Crippen molar-refractivity contribution >= 4 is 0 Å². The molecule has 1 unspecified atom stereocenters. The molecule has 0 spiro atoms. The van der Waals surface area contributed by atoms with Gasteiger partial charge in [-0.2, -0.15) is 8.78 Å². The van der Waals surface area contributed by atoms with E-state index < -0.39 is 5.92 Å². The minimum absolute atomic E-state index is 0.0317. The van der Waals surface area contributed by atoms with E-state index >= 15 is 0 Å². The quantitative estimate of drug-likeness (QED) is 0.811. The van der Waals surface area contributed by atoms with Crippen molar-refractivity contribution in [3.05, 3.63) is 29.6 Å². The molecule has 0 saturated carbocycles. The van der Waals surface area contributed by atoms with Crippen molar-refractivity contribution in [3.8, 4) is 0 Å². The third-order valence-corrected chi connectivity index (χ3v) is 1.83. The van der Waals surface area contributed by atoms with Crippen molar-refractivity contribution in [1.29, 1.82) is 0 Å². The Bertz CT molecular complexity index is 305. The van der Waals surface area contributed by atoms with Gasteiger partial charge in [-0.3, -0.25) is 4.98 Å². The van der Waals surface area contributed by atoms with E-state index in [0.717, 1.165) is 12.5 Å². The first-order chi connectivity index (χ1) is 6.39. The van der Waals surface area contributed by atoms with Gasteiger partial charge in [-0.05, 0) is 31.0 Å². The van der Waals surface area contributed by atoms with E-state index in [1.165, 1.54) is 12.3 Å². The maximum Gasteiger partial charge on any atom is 0.286 e. The largest absolute Gasteiger partial charge is 0.328 e. The lowest BCUT2D eigenvalue weighted by Gasteiger charge is -2.11. The second kappa shape index (κ2) is 4.00. The van der Waals surface area contributed by atoms with Crippen molar-refractivity contribution in [2.45, 2.75) is 32.2 Å². The predicted molar refractivity (Wildman–Crippen MR) is 51.2 cm³/mol. The molecule has 1 rings (SSSR count). The Hall–Kier alpha value is -1.03. The van der Waals surface area contributed by atoms with Gasteiger partial charge in [-0.25, -0.2) is 0 Å². The van der Waals surface area contributed by atoms with Crippen LogP contribution in [0.3, 0.4) is 0 Å². The topological polar surface area (TPSA) is 38.9 Å². The standard InChI is InChI=1S/C10H14F2N2/c1-7(13)5-8-3-4-14-9(6-8)10(2,11)12/h3-4,6-7H,5,13H2,1-2H3. The molecule has 0 aliphatic carbocycles. The van der Waals surface area contributed by atoms with Crippen LogP contribution >= 0.6 is 0 Å². The zero-order valence-electron chi connectivity index (χ0n) is 8.30. The Labute approximate surface area is 82.1 Å². The molecule has 0 amide bonds. The van der Waals surface area contributed by atoms with Gasteiger partial charge in [0, 0.05) is 19.2 Å². The van der Waals surface area contributed by atoms with Crippen LogP contribution in [0, 0.1) is 0 Å². The zero-order valence-corrected chi connectivity index (χ0v) is 8.30.